The van der Waals surface area contributed by atoms with Crippen molar-refractivity contribution < 1.29 is 19.1 Å². The first-order chi connectivity index (χ1) is 7.57. The molecule has 1 aromatic carbocycles. The molecule has 0 aromatic heterocycles. The standard InChI is InChI=1S/C12H13FO3/c1-2-5-9(12(15)16)11(14)8-6-3-4-7-10(8)13/h3-4,6-7,9H,2,5H2,1H3,(H,15,16). The zero-order chi connectivity index (χ0) is 12.1. The SMILES string of the molecule is CCCC(C(=O)O)C(=O)c1ccccc1F. The van der Waals surface area contributed by atoms with Gasteiger partial charge in [0.1, 0.15) is 11.7 Å². The second-order valence-corrected chi connectivity index (χ2v) is 3.52. The number of carbonyl (C=O) groups is 2. The van der Waals surface area contributed by atoms with Gasteiger partial charge in [0.2, 0.25) is 0 Å². The van der Waals surface area contributed by atoms with Crippen molar-refractivity contribution in [1.29, 1.82) is 0 Å². The van der Waals surface area contributed by atoms with Crippen molar-refractivity contribution in [3.63, 3.8) is 0 Å². The molecule has 1 unspecified atom stereocenters. The Hall–Kier alpha value is -1.71. The Morgan fingerprint density at radius 1 is 1.38 bits per heavy atom. The number of carboxylic acid groups (broad SMARTS) is 1. The molecule has 0 fully saturated rings. The Labute approximate surface area is 92.9 Å². The van der Waals surface area contributed by atoms with Gasteiger partial charge in [0.05, 0.1) is 5.56 Å². The fourth-order valence-electron chi connectivity index (χ4n) is 1.50. The summed E-state index contributed by atoms with van der Waals surface area (Å²) in [5.41, 5.74) is -0.150. The van der Waals surface area contributed by atoms with Crippen molar-refractivity contribution in [2.45, 2.75) is 19.8 Å². The third kappa shape index (κ3) is 2.66. The highest BCUT2D eigenvalue weighted by atomic mass is 19.1. The third-order valence-electron chi connectivity index (χ3n) is 2.33. The van der Waals surface area contributed by atoms with E-state index < -0.39 is 23.5 Å². The van der Waals surface area contributed by atoms with E-state index in [2.05, 4.69) is 0 Å². The summed E-state index contributed by atoms with van der Waals surface area (Å²) in [6.07, 6.45) is 0.791. The third-order valence-corrected chi connectivity index (χ3v) is 2.33. The molecule has 4 heteroatoms. The largest absolute Gasteiger partial charge is 0.481 e. The molecule has 16 heavy (non-hydrogen) atoms. The first-order valence-corrected chi connectivity index (χ1v) is 5.09. The van der Waals surface area contributed by atoms with Gasteiger partial charge in [-0.2, -0.15) is 0 Å². The maximum Gasteiger partial charge on any atom is 0.314 e. The second kappa shape index (κ2) is 5.39. The summed E-state index contributed by atoms with van der Waals surface area (Å²) in [4.78, 5) is 22.6. The number of benzene rings is 1. The number of hydrogen-bond donors (Lipinski definition) is 1. The number of carbonyl (C=O) groups excluding carboxylic acids is 1. The van der Waals surface area contributed by atoms with E-state index in [0.29, 0.717) is 6.42 Å². The maximum absolute atomic E-state index is 13.3. The fraction of sp³-hybridized carbons (Fsp3) is 0.333. The number of hydrogen-bond acceptors (Lipinski definition) is 2. The van der Waals surface area contributed by atoms with Gasteiger partial charge in [-0.25, -0.2) is 4.39 Å². The number of ketones is 1. The lowest BCUT2D eigenvalue weighted by molar-refractivity contribution is -0.140. The van der Waals surface area contributed by atoms with Crippen LogP contribution in [0.3, 0.4) is 0 Å². The van der Waals surface area contributed by atoms with E-state index in [9.17, 15) is 14.0 Å². The summed E-state index contributed by atoms with van der Waals surface area (Å²) in [5, 5.41) is 8.88. The van der Waals surface area contributed by atoms with Crippen LogP contribution in [-0.2, 0) is 4.79 Å². The van der Waals surface area contributed by atoms with Crippen LogP contribution in [0.5, 0.6) is 0 Å². The Kier molecular flexibility index (Phi) is 4.17. The highest BCUT2D eigenvalue weighted by Crippen LogP contribution is 2.17. The van der Waals surface area contributed by atoms with Crippen molar-refractivity contribution in [3.05, 3.63) is 35.6 Å². The van der Waals surface area contributed by atoms with Crippen LogP contribution in [0.1, 0.15) is 30.1 Å². The topological polar surface area (TPSA) is 54.4 Å². The van der Waals surface area contributed by atoms with E-state index in [1.165, 1.54) is 18.2 Å². The van der Waals surface area contributed by atoms with Crippen LogP contribution in [0.4, 0.5) is 4.39 Å². The van der Waals surface area contributed by atoms with Crippen molar-refractivity contribution in [2.75, 3.05) is 0 Å². The summed E-state index contributed by atoms with van der Waals surface area (Å²) < 4.78 is 13.3. The van der Waals surface area contributed by atoms with E-state index >= 15 is 0 Å². The lowest BCUT2D eigenvalue weighted by atomic mass is 9.93. The van der Waals surface area contributed by atoms with Crippen LogP contribution in [0, 0.1) is 11.7 Å². The lowest BCUT2D eigenvalue weighted by Crippen LogP contribution is -2.24. The Balaban J connectivity index is 2.99. The molecule has 3 nitrogen and oxygen atoms in total. The van der Waals surface area contributed by atoms with Gasteiger partial charge in [0, 0.05) is 0 Å². The van der Waals surface area contributed by atoms with Crippen LogP contribution in [0.15, 0.2) is 24.3 Å². The van der Waals surface area contributed by atoms with Gasteiger partial charge in [0.25, 0.3) is 0 Å². The van der Waals surface area contributed by atoms with E-state index in [1.54, 1.807) is 6.92 Å². The van der Waals surface area contributed by atoms with E-state index in [-0.39, 0.29) is 12.0 Å². The number of aliphatic carboxylic acids is 1. The van der Waals surface area contributed by atoms with Crippen LogP contribution in [0.2, 0.25) is 0 Å². The lowest BCUT2D eigenvalue weighted by Gasteiger charge is -2.10. The molecule has 0 saturated carbocycles. The predicted molar refractivity (Wildman–Crippen MR) is 56.8 cm³/mol. The highest BCUT2D eigenvalue weighted by Gasteiger charge is 2.27. The summed E-state index contributed by atoms with van der Waals surface area (Å²) >= 11 is 0. The molecule has 0 aliphatic rings. The average molecular weight is 224 g/mol. The van der Waals surface area contributed by atoms with Gasteiger partial charge in [-0.1, -0.05) is 25.5 Å². The number of Topliss-reactive ketones (excluding diaryl/α,β-unsaturated/α-hetero) is 1. The molecule has 1 aromatic rings. The van der Waals surface area contributed by atoms with E-state index in [1.807, 2.05) is 0 Å². The molecule has 0 spiro atoms. The van der Waals surface area contributed by atoms with Crippen molar-refractivity contribution >= 4 is 11.8 Å². The molecule has 0 bridgehead atoms. The predicted octanol–water partition coefficient (Wildman–Crippen LogP) is 2.51. The van der Waals surface area contributed by atoms with Crippen LogP contribution in [0.25, 0.3) is 0 Å². The number of halogens is 1. The Morgan fingerprint density at radius 2 is 2.00 bits per heavy atom. The maximum atomic E-state index is 13.3. The van der Waals surface area contributed by atoms with Crippen LogP contribution < -0.4 is 0 Å². The molecule has 0 heterocycles. The molecular weight excluding hydrogens is 211 g/mol. The van der Waals surface area contributed by atoms with E-state index in [0.717, 1.165) is 6.07 Å². The van der Waals surface area contributed by atoms with E-state index in [4.69, 9.17) is 5.11 Å². The fourth-order valence-corrected chi connectivity index (χ4v) is 1.50. The molecule has 0 aliphatic heterocycles. The zero-order valence-electron chi connectivity index (χ0n) is 8.94. The summed E-state index contributed by atoms with van der Waals surface area (Å²) in [6.45, 7) is 1.78. The minimum absolute atomic E-state index is 0.150. The average Bonchev–Trinajstić information content (AvgIpc) is 2.25. The first-order valence-electron chi connectivity index (χ1n) is 5.09. The summed E-state index contributed by atoms with van der Waals surface area (Å²) in [5.74, 6) is -3.68. The Bertz CT molecular complexity index is 401. The normalized spacial score (nSPS) is 12.1. The van der Waals surface area contributed by atoms with Crippen LogP contribution in [-0.4, -0.2) is 16.9 Å². The van der Waals surface area contributed by atoms with Gasteiger partial charge < -0.3 is 5.11 Å². The van der Waals surface area contributed by atoms with Gasteiger partial charge in [0.15, 0.2) is 5.78 Å². The van der Waals surface area contributed by atoms with Crippen molar-refractivity contribution in [3.8, 4) is 0 Å². The molecule has 1 rings (SSSR count). The molecule has 0 aliphatic carbocycles. The minimum Gasteiger partial charge on any atom is -0.481 e. The van der Waals surface area contributed by atoms with Crippen LogP contribution >= 0.6 is 0 Å². The molecule has 86 valence electrons. The van der Waals surface area contributed by atoms with Gasteiger partial charge >= 0.3 is 5.97 Å². The second-order valence-electron chi connectivity index (χ2n) is 3.52. The van der Waals surface area contributed by atoms with Gasteiger partial charge in [-0.15, -0.1) is 0 Å². The zero-order valence-corrected chi connectivity index (χ0v) is 8.94. The molecular formula is C12H13FO3. The quantitative estimate of drug-likeness (QED) is 0.617. The summed E-state index contributed by atoms with van der Waals surface area (Å²) in [6, 6.07) is 5.43. The molecule has 0 amide bonds. The molecule has 0 saturated heterocycles. The highest BCUT2D eigenvalue weighted by molar-refractivity contribution is 6.08. The molecule has 0 radical (unpaired) electrons. The van der Waals surface area contributed by atoms with Gasteiger partial charge in [-0.3, -0.25) is 9.59 Å². The molecule has 1 atom stereocenters. The number of rotatable bonds is 5. The molecule has 1 N–H and O–H groups in total. The monoisotopic (exact) mass is 224 g/mol. The first kappa shape index (κ1) is 12.4. The number of carboxylic acids is 1. The summed E-state index contributed by atoms with van der Waals surface area (Å²) in [7, 11) is 0. The Morgan fingerprint density at radius 3 is 2.50 bits per heavy atom. The smallest absolute Gasteiger partial charge is 0.314 e. The minimum atomic E-state index is -1.20. The van der Waals surface area contributed by atoms with Crippen molar-refractivity contribution in [2.24, 2.45) is 5.92 Å². The van der Waals surface area contributed by atoms with Gasteiger partial charge in [-0.05, 0) is 18.6 Å². The van der Waals surface area contributed by atoms with Crippen molar-refractivity contribution in [1.82, 2.24) is 0 Å².